The number of aryl methyl sites for hydroxylation is 1. The molecule has 2 N–H and O–H groups in total. The van der Waals surface area contributed by atoms with Gasteiger partial charge in [0.25, 0.3) is 0 Å². The van der Waals surface area contributed by atoms with E-state index in [1.54, 1.807) is 0 Å². The van der Waals surface area contributed by atoms with E-state index < -0.39 is 0 Å². The summed E-state index contributed by atoms with van der Waals surface area (Å²) in [5.41, 5.74) is 3.58. The number of likely N-dealkylation sites (tertiary alicyclic amines) is 1. The van der Waals surface area contributed by atoms with Crippen molar-refractivity contribution in [2.75, 3.05) is 31.6 Å². The summed E-state index contributed by atoms with van der Waals surface area (Å²) in [6, 6.07) is 18.2. The second-order valence-electron chi connectivity index (χ2n) is 8.86. The third kappa shape index (κ3) is 4.68. The second kappa shape index (κ2) is 8.78. The molecular formula is C25H31N3O2. The SMILES string of the molecule is O=C1CCc2cc(OCCN3CCC(N[C@@H]4CC4c4ccccc4)CC3)ccc2N1. The number of nitrogens with one attached hydrogen (secondary N) is 2. The van der Waals surface area contributed by atoms with Crippen molar-refractivity contribution >= 4 is 11.6 Å². The first-order valence-electron chi connectivity index (χ1n) is 11.3. The van der Waals surface area contributed by atoms with Crippen LogP contribution in [0.3, 0.4) is 0 Å². The number of ether oxygens (including phenoxy) is 1. The van der Waals surface area contributed by atoms with Crippen molar-refractivity contribution in [3.63, 3.8) is 0 Å². The molecule has 2 atom stereocenters. The van der Waals surface area contributed by atoms with Gasteiger partial charge in [0.1, 0.15) is 12.4 Å². The van der Waals surface area contributed by atoms with Crippen LogP contribution in [0.25, 0.3) is 0 Å². The summed E-state index contributed by atoms with van der Waals surface area (Å²) < 4.78 is 6.00. The lowest BCUT2D eigenvalue weighted by Gasteiger charge is -2.32. The number of nitrogens with zero attached hydrogens (tertiary/aromatic N) is 1. The van der Waals surface area contributed by atoms with Crippen LogP contribution in [0.1, 0.15) is 42.7 Å². The van der Waals surface area contributed by atoms with E-state index >= 15 is 0 Å². The number of hydrogen-bond acceptors (Lipinski definition) is 4. The molecule has 3 aliphatic rings. The van der Waals surface area contributed by atoms with Gasteiger partial charge in [0, 0.05) is 36.7 Å². The van der Waals surface area contributed by atoms with Crippen LogP contribution in [0.4, 0.5) is 5.69 Å². The van der Waals surface area contributed by atoms with Crippen molar-refractivity contribution in [1.82, 2.24) is 10.2 Å². The van der Waals surface area contributed by atoms with E-state index in [0.29, 0.717) is 31.0 Å². The maximum atomic E-state index is 11.5. The zero-order valence-corrected chi connectivity index (χ0v) is 17.5. The lowest BCUT2D eigenvalue weighted by atomic mass is 10.0. The quantitative estimate of drug-likeness (QED) is 0.740. The Labute approximate surface area is 178 Å². The minimum absolute atomic E-state index is 0.103. The molecule has 1 saturated carbocycles. The van der Waals surface area contributed by atoms with E-state index in [9.17, 15) is 4.79 Å². The predicted molar refractivity (Wildman–Crippen MR) is 119 cm³/mol. The van der Waals surface area contributed by atoms with Crippen molar-refractivity contribution < 1.29 is 9.53 Å². The van der Waals surface area contributed by atoms with Gasteiger partial charge in [0.2, 0.25) is 5.91 Å². The van der Waals surface area contributed by atoms with Crippen LogP contribution in [-0.4, -0.2) is 49.1 Å². The van der Waals surface area contributed by atoms with Crippen molar-refractivity contribution in [1.29, 1.82) is 0 Å². The monoisotopic (exact) mass is 405 g/mol. The maximum absolute atomic E-state index is 11.5. The van der Waals surface area contributed by atoms with Crippen LogP contribution in [0, 0.1) is 0 Å². The minimum Gasteiger partial charge on any atom is -0.492 e. The van der Waals surface area contributed by atoms with Gasteiger partial charge >= 0.3 is 0 Å². The van der Waals surface area contributed by atoms with E-state index in [-0.39, 0.29) is 5.91 Å². The Bertz CT molecular complexity index is 877. The first-order valence-corrected chi connectivity index (χ1v) is 11.3. The van der Waals surface area contributed by atoms with E-state index in [4.69, 9.17) is 4.74 Å². The number of carbonyl (C=O) groups excluding carboxylic acids is 1. The third-order valence-electron chi connectivity index (χ3n) is 6.70. The summed E-state index contributed by atoms with van der Waals surface area (Å²) in [5, 5.41) is 6.81. The number of amides is 1. The van der Waals surface area contributed by atoms with E-state index in [1.807, 2.05) is 12.1 Å². The molecule has 2 heterocycles. The summed E-state index contributed by atoms with van der Waals surface area (Å²) in [7, 11) is 0. The zero-order chi connectivity index (χ0) is 20.3. The van der Waals surface area contributed by atoms with Crippen LogP contribution in [0.15, 0.2) is 48.5 Å². The summed E-state index contributed by atoms with van der Waals surface area (Å²) >= 11 is 0. The van der Waals surface area contributed by atoms with Crippen molar-refractivity contribution in [3.8, 4) is 5.75 Å². The van der Waals surface area contributed by atoms with Gasteiger partial charge in [0.15, 0.2) is 0 Å². The lowest BCUT2D eigenvalue weighted by Crippen LogP contribution is -2.44. The number of piperidine rings is 1. The summed E-state index contributed by atoms with van der Waals surface area (Å²) in [5.74, 6) is 1.72. The standard InChI is InChI=1S/C25H31N3O2/c29-25-9-6-19-16-21(7-8-23(19)27-25)30-15-14-28-12-10-20(11-13-28)26-24-17-22(24)18-4-2-1-3-5-18/h1-5,7-8,16,20,22,24,26H,6,9-15,17H2,(H,27,29)/t22?,24-/m1/s1. The summed E-state index contributed by atoms with van der Waals surface area (Å²) in [6.45, 7) is 3.96. The number of benzene rings is 2. The van der Waals surface area contributed by atoms with Crippen LogP contribution in [-0.2, 0) is 11.2 Å². The molecule has 0 spiro atoms. The Morgan fingerprint density at radius 1 is 1.07 bits per heavy atom. The molecule has 1 aliphatic carbocycles. The maximum Gasteiger partial charge on any atom is 0.224 e. The molecule has 2 fully saturated rings. The van der Waals surface area contributed by atoms with Gasteiger partial charge in [-0.1, -0.05) is 30.3 Å². The number of carbonyl (C=O) groups is 1. The van der Waals surface area contributed by atoms with E-state index in [2.05, 4.69) is 51.9 Å². The normalized spacial score (nSPS) is 24.2. The van der Waals surface area contributed by atoms with Gasteiger partial charge in [-0.2, -0.15) is 0 Å². The van der Waals surface area contributed by atoms with Gasteiger partial charge in [-0.05, 0) is 68.1 Å². The zero-order valence-electron chi connectivity index (χ0n) is 17.5. The minimum atomic E-state index is 0.103. The van der Waals surface area contributed by atoms with Gasteiger partial charge in [-0.25, -0.2) is 0 Å². The van der Waals surface area contributed by atoms with Gasteiger partial charge in [-0.3, -0.25) is 9.69 Å². The molecule has 1 unspecified atom stereocenters. The molecule has 0 bridgehead atoms. The predicted octanol–water partition coefficient (Wildman–Crippen LogP) is 3.56. The van der Waals surface area contributed by atoms with Gasteiger partial charge in [-0.15, -0.1) is 0 Å². The number of fused-ring (bicyclic) bond motifs is 1. The van der Waals surface area contributed by atoms with Crippen LogP contribution in [0.5, 0.6) is 5.75 Å². The molecular weight excluding hydrogens is 374 g/mol. The first-order chi connectivity index (χ1) is 14.7. The highest BCUT2D eigenvalue weighted by Gasteiger charge is 2.39. The smallest absolute Gasteiger partial charge is 0.224 e. The average molecular weight is 406 g/mol. The summed E-state index contributed by atoms with van der Waals surface area (Å²) in [6.07, 6.45) is 5.08. The Morgan fingerprint density at radius 3 is 2.73 bits per heavy atom. The number of anilines is 1. The molecule has 158 valence electrons. The molecule has 0 radical (unpaired) electrons. The Balaban J connectivity index is 1.01. The molecule has 0 aromatic heterocycles. The van der Waals surface area contributed by atoms with Crippen molar-refractivity contribution in [3.05, 3.63) is 59.7 Å². The Hall–Kier alpha value is -2.37. The Morgan fingerprint density at radius 2 is 1.90 bits per heavy atom. The highest BCUT2D eigenvalue weighted by atomic mass is 16.5. The molecule has 1 saturated heterocycles. The Kier molecular flexibility index (Phi) is 5.73. The molecule has 2 aliphatic heterocycles. The van der Waals surface area contributed by atoms with Crippen molar-refractivity contribution in [2.45, 2.75) is 50.1 Å². The summed E-state index contributed by atoms with van der Waals surface area (Å²) in [4.78, 5) is 14.0. The number of rotatable bonds is 7. The van der Waals surface area contributed by atoms with Crippen LogP contribution < -0.4 is 15.4 Å². The van der Waals surface area contributed by atoms with E-state index in [1.165, 1.54) is 30.4 Å². The highest BCUT2D eigenvalue weighted by Crippen LogP contribution is 2.41. The fourth-order valence-electron chi connectivity index (χ4n) is 4.82. The molecule has 2 aromatic carbocycles. The van der Waals surface area contributed by atoms with Gasteiger partial charge < -0.3 is 15.4 Å². The van der Waals surface area contributed by atoms with Gasteiger partial charge in [0.05, 0.1) is 0 Å². The molecule has 5 heteroatoms. The van der Waals surface area contributed by atoms with E-state index in [0.717, 1.165) is 37.5 Å². The fraction of sp³-hybridized carbons (Fsp3) is 0.480. The average Bonchev–Trinajstić information content (AvgIpc) is 3.55. The third-order valence-corrected chi connectivity index (χ3v) is 6.70. The lowest BCUT2D eigenvalue weighted by molar-refractivity contribution is -0.116. The van der Waals surface area contributed by atoms with Crippen LogP contribution in [0.2, 0.25) is 0 Å². The van der Waals surface area contributed by atoms with Crippen LogP contribution >= 0.6 is 0 Å². The molecule has 30 heavy (non-hydrogen) atoms. The molecule has 5 nitrogen and oxygen atoms in total. The van der Waals surface area contributed by atoms with Crippen molar-refractivity contribution in [2.24, 2.45) is 0 Å². The second-order valence-corrected chi connectivity index (χ2v) is 8.86. The topological polar surface area (TPSA) is 53.6 Å². The fourth-order valence-corrected chi connectivity index (χ4v) is 4.82. The highest BCUT2D eigenvalue weighted by molar-refractivity contribution is 5.93. The number of hydrogen-bond donors (Lipinski definition) is 2. The molecule has 2 aromatic rings. The first kappa shape index (κ1) is 19.6. The molecule has 5 rings (SSSR count). The molecule has 1 amide bonds. The largest absolute Gasteiger partial charge is 0.492 e.